The van der Waals surface area contributed by atoms with Gasteiger partial charge < -0.3 is 4.57 Å². The van der Waals surface area contributed by atoms with Gasteiger partial charge in [-0.2, -0.15) is 4.57 Å². The average Bonchev–Trinajstić information content (AvgIpc) is 2.16. The summed E-state index contributed by atoms with van der Waals surface area (Å²) in [6.07, 6.45) is 2.80. The molecule has 1 aromatic heterocycles. The zero-order valence-electron chi connectivity index (χ0n) is 7.45. The van der Waals surface area contributed by atoms with Gasteiger partial charge in [-0.1, -0.05) is 6.92 Å². The van der Waals surface area contributed by atoms with Crippen LogP contribution in [-0.2, 0) is 11.1 Å². The molecule has 3 rings (SSSR count). The number of fused-ring (bicyclic) bond motifs is 2. The highest BCUT2D eigenvalue weighted by molar-refractivity contribution is 7.80. The Morgan fingerprint density at radius 2 is 2.25 bits per heavy atom. The fourth-order valence-corrected chi connectivity index (χ4v) is 4.08. The van der Waals surface area contributed by atoms with Crippen molar-refractivity contribution in [3.05, 3.63) is 18.3 Å². The van der Waals surface area contributed by atoms with Crippen molar-refractivity contribution in [1.82, 2.24) is 0 Å². The number of hydrogen-bond donors (Lipinski definition) is 0. The van der Waals surface area contributed by atoms with Crippen molar-refractivity contribution in [3.8, 4) is 0 Å². The first-order chi connectivity index (χ1) is 5.72. The zero-order valence-corrected chi connectivity index (χ0v) is 8.34. The van der Waals surface area contributed by atoms with Crippen LogP contribution < -0.4 is 15.3 Å². The first kappa shape index (κ1) is 8.00. The van der Waals surface area contributed by atoms with Crippen LogP contribution in [0.5, 0.6) is 0 Å². The Balaban J connectivity index is 2.57. The number of aryl methyl sites for hydroxylation is 1. The van der Waals surface area contributed by atoms with Crippen molar-refractivity contribution in [3.63, 3.8) is 0 Å². The smallest absolute Gasteiger partial charge is 0.244 e. The van der Waals surface area contributed by atoms with Crippen molar-refractivity contribution in [1.29, 1.82) is 0 Å². The molecule has 64 valence electrons. The van der Waals surface area contributed by atoms with Crippen molar-refractivity contribution >= 4 is 17.9 Å². The van der Waals surface area contributed by atoms with E-state index >= 15 is 0 Å². The quantitative estimate of drug-likeness (QED) is 0.485. The van der Waals surface area contributed by atoms with Gasteiger partial charge in [0, 0.05) is 23.6 Å². The van der Waals surface area contributed by atoms with E-state index in [1.54, 1.807) is 0 Å². The third-order valence-corrected chi connectivity index (χ3v) is 5.70. The lowest BCUT2D eigenvalue weighted by atomic mass is 10.4. The lowest BCUT2D eigenvalue weighted by Crippen LogP contribution is -2.56. The summed E-state index contributed by atoms with van der Waals surface area (Å²) in [5, 5.41) is 1.06. The minimum Gasteiger partial charge on any atom is -0.307 e. The molecule has 1 unspecified atom stereocenters. The fraction of sp³-hybridized carbons (Fsp3) is 0.444. The Kier molecular flexibility index (Phi) is 1.62. The SMILES string of the molecule is CC[n+]1ccc2cc1P2(=O)CC. The third kappa shape index (κ3) is 0.763. The fourth-order valence-electron chi connectivity index (χ4n) is 1.72. The molecule has 2 bridgehead atoms. The van der Waals surface area contributed by atoms with E-state index in [4.69, 9.17) is 0 Å². The Morgan fingerprint density at radius 3 is 2.75 bits per heavy atom. The molecular weight excluding hydrogens is 169 g/mol. The molecule has 12 heavy (non-hydrogen) atoms. The lowest BCUT2D eigenvalue weighted by Gasteiger charge is -2.23. The van der Waals surface area contributed by atoms with E-state index in [9.17, 15) is 4.57 Å². The van der Waals surface area contributed by atoms with E-state index in [0.717, 1.165) is 23.4 Å². The Morgan fingerprint density at radius 1 is 1.50 bits per heavy atom. The van der Waals surface area contributed by atoms with Gasteiger partial charge in [0.15, 0.2) is 6.20 Å². The molecule has 0 aromatic carbocycles. The number of pyridine rings is 1. The van der Waals surface area contributed by atoms with Crippen molar-refractivity contribution in [2.75, 3.05) is 6.16 Å². The maximum atomic E-state index is 12.2. The molecule has 3 heterocycles. The number of aromatic nitrogens is 1. The largest absolute Gasteiger partial charge is 0.307 e. The number of rotatable bonds is 2. The summed E-state index contributed by atoms with van der Waals surface area (Å²) in [4.78, 5) is 0. The van der Waals surface area contributed by atoms with Crippen LogP contribution in [0.25, 0.3) is 0 Å². The maximum Gasteiger partial charge on any atom is 0.244 e. The van der Waals surface area contributed by atoms with E-state index in [0.29, 0.717) is 0 Å². The molecular formula is C9H13NOP+. The predicted octanol–water partition coefficient (Wildman–Crippen LogP) is 0.641. The predicted molar refractivity (Wildman–Crippen MR) is 49.7 cm³/mol. The van der Waals surface area contributed by atoms with Crippen molar-refractivity contribution in [2.24, 2.45) is 0 Å². The van der Waals surface area contributed by atoms with E-state index in [1.165, 1.54) is 0 Å². The summed E-state index contributed by atoms with van der Waals surface area (Å²) in [6.45, 7) is 4.99. The molecule has 2 aliphatic rings. The average molecular weight is 182 g/mol. The van der Waals surface area contributed by atoms with Crippen LogP contribution in [0.4, 0.5) is 0 Å². The molecule has 0 fully saturated rings. The van der Waals surface area contributed by atoms with Gasteiger partial charge >= 0.3 is 0 Å². The van der Waals surface area contributed by atoms with Gasteiger partial charge in [-0.15, -0.1) is 0 Å². The van der Waals surface area contributed by atoms with Crippen LogP contribution in [0.1, 0.15) is 13.8 Å². The van der Waals surface area contributed by atoms with Gasteiger partial charge in [0.25, 0.3) is 0 Å². The van der Waals surface area contributed by atoms with E-state index in [2.05, 4.69) is 11.5 Å². The minimum atomic E-state index is -2.04. The summed E-state index contributed by atoms with van der Waals surface area (Å²) in [5.74, 6) is 0. The summed E-state index contributed by atoms with van der Waals surface area (Å²) >= 11 is 0. The lowest BCUT2D eigenvalue weighted by molar-refractivity contribution is -0.676. The summed E-state index contributed by atoms with van der Waals surface area (Å²) in [7, 11) is -2.04. The minimum absolute atomic E-state index is 0.773. The molecule has 0 saturated heterocycles. The van der Waals surface area contributed by atoms with Gasteiger partial charge in [0.1, 0.15) is 6.54 Å². The molecule has 0 saturated carbocycles. The molecule has 0 N–H and O–H groups in total. The van der Waals surface area contributed by atoms with Crippen LogP contribution in [0.3, 0.4) is 0 Å². The standard InChI is InChI=1S/C9H13NOP/c1-3-10-6-5-8-7-9(10)12(8,11)4-2/h5-7H,3-4H2,1-2H3/q+1. The van der Waals surface area contributed by atoms with E-state index < -0.39 is 7.14 Å². The molecule has 1 aromatic rings. The Hall–Kier alpha value is -0.620. The molecule has 2 nitrogen and oxygen atoms in total. The molecule has 2 aliphatic heterocycles. The van der Waals surface area contributed by atoms with Crippen LogP contribution in [0.15, 0.2) is 18.3 Å². The third-order valence-electron chi connectivity index (χ3n) is 2.57. The van der Waals surface area contributed by atoms with Crippen LogP contribution in [0, 0.1) is 0 Å². The van der Waals surface area contributed by atoms with Gasteiger partial charge in [-0.05, 0) is 6.92 Å². The molecule has 0 radical (unpaired) electrons. The normalized spacial score (nSPS) is 25.2. The van der Waals surface area contributed by atoms with Crippen molar-refractivity contribution < 1.29 is 9.13 Å². The molecule has 0 spiro atoms. The number of nitrogens with zero attached hydrogens (tertiary/aromatic N) is 1. The molecule has 3 heteroatoms. The monoisotopic (exact) mass is 182 g/mol. The van der Waals surface area contributed by atoms with Gasteiger partial charge in [0.05, 0.1) is 0 Å². The van der Waals surface area contributed by atoms with E-state index in [-0.39, 0.29) is 0 Å². The second-order valence-electron chi connectivity index (χ2n) is 3.09. The van der Waals surface area contributed by atoms with Crippen LogP contribution in [-0.4, -0.2) is 6.16 Å². The summed E-state index contributed by atoms with van der Waals surface area (Å²) in [6, 6.07) is 4.04. The maximum absolute atomic E-state index is 12.2. The van der Waals surface area contributed by atoms with Gasteiger partial charge in [0.2, 0.25) is 12.6 Å². The molecule has 1 atom stereocenters. The van der Waals surface area contributed by atoms with E-state index in [1.807, 2.05) is 25.3 Å². The summed E-state index contributed by atoms with van der Waals surface area (Å²) < 4.78 is 14.2. The zero-order chi connectivity index (χ0) is 8.77. The molecule has 0 amide bonds. The second-order valence-corrected chi connectivity index (χ2v) is 6.17. The highest BCUT2D eigenvalue weighted by atomic mass is 31.2. The first-order valence-electron chi connectivity index (χ1n) is 4.36. The highest BCUT2D eigenvalue weighted by Crippen LogP contribution is 2.46. The first-order valence-corrected chi connectivity index (χ1v) is 6.25. The van der Waals surface area contributed by atoms with Gasteiger partial charge in [-0.25, -0.2) is 0 Å². The van der Waals surface area contributed by atoms with Gasteiger partial charge in [-0.3, -0.25) is 0 Å². The Bertz CT molecular complexity index is 369. The van der Waals surface area contributed by atoms with Crippen LogP contribution in [0.2, 0.25) is 0 Å². The second kappa shape index (κ2) is 2.43. The highest BCUT2D eigenvalue weighted by Gasteiger charge is 2.42. The Labute approximate surface area is 72.6 Å². The van der Waals surface area contributed by atoms with Crippen molar-refractivity contribution in [2.45, 2.75) is 20.4 Å². The number of hydrogen-bond acceptors (Lipinski definition) is 1. The summed E-state index contributed by atoms with van der Waals surface area (Å²) in [5.41, 5.74) is 1.06. The molecule has 0 aliphatic carbocycles. The van der Waals surface area contributed by atoms with Crippen LogP contribution >= 0.6 is 7.14 Å². The topological polar surface area (TPSA) is 20.9 Å².